The average molecular weight is 833 g/mol. The molecular formula is C53H100O6. The summed E-state index contributed by atoms with van der Waals surface area (Å²) in [5.74, 6) is -1.74. The van der Waals surface area contributed by atoms with Crippen molar-refractivity contribution in [2.24, 2.45) is 0 Å². The van der Waals surface area contributed by atoms with Crippen LogP contribution in [0.2, 0.25) is 0 Å². The van der Waals surface area contributed by atoms with Crippen LogP contribution >= 0.6 is 0 Å². The minimum Gasteiger partial charge on any atom is -0.440 e. The van der Waals surface area contributed by atoms with E-state index in [1.54, 1.807) is 0 Å². The smallest absolute Gasteiger partial charge is 0.307 e. The van der Waals surface area contributed by atoms with E-state index in [9.17, 15) is 24.6 Å². The summed E-state index contributed by atoms with van der Waals surface area (Å²) in [4.78, 5) is 41.1. The molecule has 2 N–H and O–H groups in total. The van der Waals surface area contributed by atoms with Crippen LogP contribution in [0.25, 0.3) is 0 Å². The molecule has 348 valence electrons. The molecule has 0 aromatic carbocycles. The molecule has 0 radical (unpaired) electrons. The van der Waals surface area contributed by atoms with E-state index in [4.69, 9.17) is 4.74 Å². The molecule has 0 spiro atoms. The van der Waals surface area contributed by atoms with E-state index in [1.165, 1.54) is 161 Å². The lowest BCUT2D eigenvalue weighted by Crippen LogP contribution is -2.60. The van der Waals surface area contributed by atoms with Gasteiger partial charge in [0, 0.05) is 19.3 Å². The van der Waals surface area contributed by atoms with Crippen molar-refractivity contribution in [1.82, 2.24) is 0 Å². The van der Waals surface area contributed by atoms with Crippen molar-refractivity contribution in [3.8, 4) is 0 Å². The second-order valence-corrected chi connectivity index (χ2v) is 18.1. The minimum atomic E-state index is -2.32. The van der Waals surface area contributed by atoms with E-state index in [0.29, 0.717) is 19.3 Å². The zero-order chi connectivity index (χ0) is 43.3. The Bertz CT molecular complexity index is 918. The Kier molecular flexibility index (Phi) is 43.4. The van der Waals surface area contributed by atoms with E-state index in [1.807, 2.05) is 0 Å². The quantitative estimate of drug-likeness (QED) is 0.0274. The van der Waals surface area contributed by atoms with Gasteiger partial charge in [0.1, 0.15) is 6.10 Å². The van der Waals surface area contributed by atoms with Gasteiger partial charge in [-0.15, -0.1) is 0 Å². The van der Waals surface area contributed by atoms with Crippen molar-refractivity contribution in [2.45, 2.75) is 302 Å². The molecule has 0 aliphatic carbocycles. The molecule has 1 unspecified atom stereocenters. The Hall–Kier alpha value is -1.53. The largest absolute Gasteiger partial charge is 0.440 e. The molecule has 59 heavy (non-hydrogen) atoms. The third-order valence-electron chi connectivity index (χ3n) is 12.4. The predicted octanol–water partition coefficient (Wildman–Crippen LogP) is 15.8. The number of esters is 1. The van der Waals surface area contributed by atoms with Crippen LogP contribution in [0.5, 0.6) is 0 Å². The zero-order valence-corrected chi connectivity index (χ0v) is 39.7. The fraction of sp³-hybridized carbons (Fsp3) is 0.906. The summed E-state index contributed by atoms with van der Waals surface area (Å²) in [6.45, 7) is 5.95. The van der Waals surface area contributed by atoms with Crippen molar-refractivity contribution in [2.75, 3.05) is 6.61 Å². The lowest BCUT2D eigenvalue weighted by Gasteiger charge is -2.34. The maximum absolute atomic E-state index is 13.9. The normalized spacial score (nSPS) is 12.4. The average Bonchev–Trinajstić information content (AvgIpc) is 3.24. The summed E-state index contributed by atoms with van der Waals surface area (Å²) in [6, 6.07) is 0. The van der Waals surface area contributed by atoms with Crippen molar-refractivity contribution in [3.63, 3.8) is 0 Å². The summed E-state index contributed by atoms with van der Waals surface area (Å²) in [6.07, 6.45) is 48.6. The third kappa shape index (κ3) is 33.7. The van der Waals surface area contributed by atoms with Crippen molar-refractivity contribution in [3.05, 3.63) is 12.2 Å². The SMILES string of the molecule is CCCCCCCCC=CCCCCCCCC(=O)OC(C(=O)CCCCCCCCCCCCCCC)(C(=O)CCCCCCCCCCCCCCC)C(O)CO. The van der Waals surface area contributed by atoms with E-state index in [0.717, 1.165) is 70.6 Å². The van der Waals surface area contributed by atoms with Gasteiger partial charge in [-0.2, -0.15) is 0 Å². The lowest BCUT2D eigenvalue weighted by molar-refractivity contribution is -0.188. The van der Waals surface area contributed by atoms with Crippen molar-refractivity contribution < 1.29 is 29.3 Å². The number of carbonyl (C=O) groups is 3. The molecule has 0 saturated carbocycles. The molecule has 1 atom stereocenters. The lowest BCUT2D eigenvalue weighted by atomic mass is 9.82. The highest BCUT2D eigenvalue weighted by Gasteiger charge is 2.53. The first-order valence-corrected chi connectivity index (χ1v) is 26.1. The Labute approximate surface area is 366 Å². The summed E-state index contributed by atoms with van der Waals surface area (Å²) in [7, 11) is 0. The molecule has 0 aliphatic rings. The number of ketones is 2. The number of aliphatic hydroxyl groups excluding tert-OH is 2. The van der Waals surface area contributed by atoms with Crippen LogP contribution in [-0.2, 0) is 19.1 Å². The Balaban J connectivity index is 4.90. The first kappa shape index (κ1) is 57.5. The molecule has 0 saturated heterocycles. The van der Waals surface area contributed by atoms with Crippen LogP contribution in [0.4, 0.5) is 0 Å². The summed E-state index contributed by atoms with van der Waals surface area (Å²) in [5, 5.41) is 21.2. The Morgan fingerprint density at radius 3 is 0.949 bits per heavy atom. The van der Waals surface area contributed by atoms with Gasteiger partial charge in [0.25, 0.3) is 5.60 Å². The van der Waals surface area contributed by atoms with Crippen LogP contribution in [0, 0.1) is 0 Å². The van der Waals surface area contributed by atoms with Crippen LogP contribution in [0.15, 0.2) is 12.2 Å². The van der Waals surface area contributed by atoms with Gasteiger partial charge in [-0.05, 0) is 44.9 Å². The fourth-order valence-electron chi connectivity index (χ4n) is 8.39. The second kappa shape index (κ2) is 44.5. The number of allylic oxidation sites excluding steroid dienone is 2. The molecule has 0 aromatic heterocycles. The predicted molar refractivity (Wildman–Crippen MR) is 252 cm³/mol. The Morgan fingerprint density at radius 2 is 0.661 bits per heavy atom. The number of hydrogen-bond donors (Lipinski definition) is 2. The van der Waals surface area contributed by atoms with E-state index in [-0.39, 0.29) is 19.3 Å². The van der Waals surface area contributed by atoms with Gasteiger partial charge >= 0.3 is 5.97 Å². The first-order valence-electron chi connectivity index (χ1n) is 26.1. The van der Waals surface area contributed by atoms with E-state index in [2.05, 4.69) is 32.9 Å². The number of aliphatic hydroxyl groups is 2. The van der Waals surface area contributed by atoms with Crippen LogP contribution in [-0.4, -0.2) is 46.1 Å². The summed E-state index contributed by atoms with van der Waals surface area (Å²) in [5.41, 5.74) is -2.32. The van der Waals surface area contributed by atoms with Crippen LogP contribution < -0.4 is 0 Å². The fourth-order valence-corrected chi connectivity index (χ4v) is 8.39. The molecule has 0 amide bonds. The van der Waals surface area contributed by atoms with Crippen LogP contribution in [0.3, 0.4) is 0 Å². The van der Waals surface area contributed by atoms with Gasteiger partial charge < -0.3 is 14.9 Å². The van der Waals surface area contributed by atoms with Gasteiger partial charge in [0.15, 0.2) is 11.6 Å². The molecule has 0 bridgehead atoms. The molecule has 6 nitrogen and oxygen atoms in total. The summed E-state index contributed by atoms with van der Waals surface area (Å²) < 4.78 is 5.80. The van der Waals surface area contributed by atoms with Gasteiger partial charge in [-0.25, -0.2) is 0 Å². The maximum atomic E-state index is 13.9. The molecule has 0 rings (SSSR count). The number of carbonyl (C=O) groups excluding carboxylic acids is 3. The monoisotopic (exact) mass is 833 g/mol. The topological polar surface area (TPSA) is 101 Å². The van der Waals surface area contributed by atoms with Gasteiger partial charge in [0.2, 0.25) is 0 Å². The third-order valence-corrected chi connectivity index (χ3v) is 12.4. The van der Waals surface area contributed by atoms with Gasteiger partial charge in [-0.1, -0.05) is 238 Å². The highest BCUT2D eigenvalue weighted by Crippen LogP contribution is 2.28. The molecule has 6 heteroatoms. The Morgan fingerprint density at radius 1 is 0.407 bits per heavy atom. The molecule has 0 aromatic rings. The molecular weight excluding hydrogens is 733 g/mol. The van der Waals surface area contributed by atoms with E-state index < -0.39 is 35.8 Å². The second-order valence-electron chi connectivity index (χ2n) is 18.1. The highest BCUT2D eigenvalue weighted by atomic mass is 16.6. The van der Waals surface area contributed by atoms with Crippen LogP contribution in [0.1, 0.15) is 290 Å². The van der Waals surface area contributed by atoms with E-state index >= 15 is 0 Å². The zero-order valence-electron chi connectivity index (χ0n) is 39.7. The first-order chi connectivity index (χ1) is 28.9. The summed E-state index contributed by atoms with van der Waals surface area (Å²) >= 11 is 0. The molecule has 0 heterocycles. The number of unbranched alkanes of at least 4 members (excludes halogenated alkanes) is 35. The minimum absolute atomic E-state index is 0.0554. The highest BCUT2D eigenvalue weighted by molar-refractivity contribution is 6.12. The number of hydrogen-bond acceptors (Lipinski definition) is 6. The maximum Gasteiger partial charge on any atom is 0.307 e. The standard InChI is InChI=1S/C53H100O6/c1-4-7-10-13-16-19-22-25-26-29-32-35-38-41-44-47-52(58)59-53(51(57)48-54,49(55)45-42-39-36-33-30-27-23-20-17-14-11-8-5-2)50(56)46-43-40-37-34-31-28-24-21-18-15-12-9-6-3/h25-26,51,54,57H,4-24,27-48H2,1-3H3. The number of rotatable bonds is 48. The number of ether oxygens (including phenoxy) is 1. The van der Waals surface area contributed by atoms with Crippen molar-refractivity contribution >= 4 is 17.5 Å². The molecule has 0 aliphatic heterocycles. The van der Waals surface area contributed by atoms with Gasteiger partial charge in [0.05, 0.1) is 6.61 Å². The van der Waals surface area contributed by atoms with Gasteiger partial charge in [-0.3, -0.25) is 14.4 Å². The number of Topliss-reactive ketones (excluding diaryl/α,β-unsaturated/α-hetero) is 2. The molecule has 0 fully saturated rings. The van der Waals surface area contributed by atoms with Crippen molar-refractivity contribution in [1.29, 1.82) is 0 Å².